The van der Waals surface area contributed by atoms with E-state index in [2.05, 4.69) is 45.2 Å². The fraction of sp³-hybridized carbons (Fsp3) is 0.373. The van der Waals surface area contributed by atoms with Crippen LogP contribution < -0.4 is 21.3 Å². The molecule has 320 valence electrons. The van der Waals surface area contributed by atoms with Gasteiger partial charge in [0.15, 0.2) is 0 Å². The number of hydrogen-bond acceptors (Lipinski definition) is 6. The third-order valence-corrected chi connectivity index (χ3v) is 10.9. The third-order valence-electron chi connectivity index (χ3n) is 10.9. The van der Waals surface area contributed by atoms with Crippen LogP contribution in [-0.4, -0.2) is 60.2 Å². The molecule has 0 fully saturated rings. The van der Waals surface area contributed by atoms with Crippen molar-refractivity contribution in [2.45, 2.75) is 91.0 Å². The quantitative estimate of drug-likeness (QED) is 0.0511. The number of nitrogens with one attached hydrogen (secondary N) is 4. The van der Waals surface area contributed by atoms with Gasteiger partial charge in [-0.2, -0.15) is 0 Å². The molecule has 0 saturated carbocycles. The van der Waals surface area contributed by atoms with Gasteiger partial charge in [-0.1, -0.05) is 161 Å². The summed E-state index contributed by atoms with van der Waals surface area (Å²) in [4.78, 5) is 54.2. The first-order chi connectivity index (χ1) is 29.5. The van der Waals surface area contributed by atoms with Crippen molar-refractivity contribution in [2.24, 2.45) is 17.8 Å². The second-order valence-corrected chi connectivity index (χ2v) is 16.2. The fourth-order valence-electron chi connectivity index (χ4n) is 7.30. The SMILES string of the molecule is CCC(C)CNC(=O)C[C@H](O)[C@H](CC(C)C)NC(=O)[C@H](CC#CCNC(=O)OCc1ccccc1)NC(=O)C(Cc1cccc2ccccc12)Cc1cccc2ccccc12. The van der Waals surface area contributed by atoms with E-state index in [0.717, 1.165) is 44.7 Å². The van der Waals surface area contributed by atoms with Crippen LogP contribution in [0.4, 0.5) is 4.79 Å². The van der Waals surface area contributed by atoms with Gasteiger partial charge in [-0.25, -0.2) is 4.79 Å². The zero-order chi connectivity index (χ0) is 43.6. The lowest BCUT2D eigenvalue weighted by Crippen LogP contribution is -2.54. The Bertz CT molecular complexity index is 2190. The van der Waals surface area contributed by atoms with E-state index in [1.165, 1.54) is 0 Å². The van der Waals surface area contributed by atoms with Gasteiger partial charge in [0.05, 0.1) is 25.1 Å². The molecule has 10 heteroatoms. The zero-order valence-corrected chi connectivity index (χ0v) is 35.8. The minimum Gasteiger partial charge on any atom is -0.445 e. The Balaban J connectivity index is 1.38. The second kappa shape index (κ2) is 23.6. The van der Waals surface area contributed by atoms with Crippen LogP contribution in [0.3, 0.4) is 0 Å². The molecular formula is C51H60N4O6. The Labute approximate surface area is 360 Å². The van der Waals surface area contributed by atoms with Gasteiger partial charge in [-0.05, 0) is 69.3 Å². The highest BCUT2D eigenvalue weighted by molar-refractivity contribution is 5.91. The largest absolute Gasteiger partial charge is 0.445 e. The van der Waals surface area contributed by atoms with Gasteiger partial charge < -0.3 is 31.1 Å². The zero-order valence-electron chi connectivity index (χ0n) is 35.8. The molecule has 0 aliphatic heterocycles. The minimum atomic E-state index is -1.16. The molecule has 0 spiro atoms. The molecule has 0 saturated heterocycles. The molecule has 10 nitrogen and oxygen atoms in total. The lowest BCUT2D eigenvalue weighted by molar-refractivity contribution is -0.132. The summed E-state index contributed by atoms with van der Waals surface area (Å²) in [6.45, 7) is 8.60. The predicted octanol–water partition coefficient (Wildman–Crippen LogP) is 7.64. The topological polar surface area (TPSA) is 146 Å². The van der Waals surface area contributed by atoms with Crippen molar-refractivity contribution in [1.29, 1.82) is 0 Å². The lowest BCUT2D eigenvalue weighted by Gasteiger charge is -2.28. The van der Waals surface area contributed by atoms with Gasteiger partial charge in [0.2, 0.25) is 17.7 Å². The van der Waals surface area contributed by atoms with Crippen molar-refractivity contribution in [3.63, 3.8) is 0 Å². The maximum absolute atomic E-state index is 14.7. The minimum absolute atomic E-state index is 0.0405. The molecule has 0 heterocycles. The molecule has 5 N–H and O–H groups in total. The van der Waals surface area contributed by atoms with Crippen molar-refractivity contribution in [1.82, 2.24) is 21.3 Å². The van der Waals surface area contributed by atoms with E-state index in [9.17, 15) is 24.3 Å². The molecule has 0 bridgehead atoms. The number of hydrogen-bond donors (Lipinski definition) is 5. The van der Waals surface area contributed by atoms with Crippen LogP contribution >= 0.6 is 0 Å². The molecule has 5 rings (SSSR count). The van der Waals surface area contributed by atoms with E-state index in [-0.39, 0.29) is 49.6 Å². The summed E-state index contributed by atoms with van der Waals surface area (Å²) < 4.78 is 5.29. The van der Waals surface area contributed by atoms with Crippen LogP contribution in [0, 0.1) is 29.6 Å². The molecular weight excluding hydrogens is 765 g/mol. The number of alkyl carbamates (subject to hydrolysis) is 1. The highest BCUT2D eigenvalue weighted by atomic mass is 16.5. The van der Waals surface area contributed by atoms with E-state index >= 15 is 0 Å². The molecule has 5 aromatic rings. The van der Waals surface area contributed by atoms with Gasteiger partial charge in [-0.15, -0.1) is 0 Å². The standard InChI is InChI=1S/C51H60N4O6/c1-5-36(4)33-53-48(57)32-47(56)46(29-35(2)3)55-50(59)45(27-13-14-28-52-51(60)61-34-37-17-7-6-8-18-37)54-49(58)42(30-40-23-15-21-38-19-9-11-25-43(38)40)31-41-24-16-22-39-20-10-12-26-44(39)41/h6-12,15-26,35-36,42,45-47,56H,5,27-34H2,1-4H3,(H,52,60)(H,53,57)(H,54,58)(H,55,59)/t36?,45-,46-,47-/m0/s1. The highest BCUT2D eigenvalue weighted by Crippen LogP contribution is 2.27. The van der Waals surface area contributed by atoms with Crippen LogP contribution in [0.1, 0.15) is 70.1 Å². The van der Waals surface area contributed by atoms with Gasteiger partial charge >= 0.3 is 6.09 Å². The summed E-state index contributed by atoms with van der Waals surface area (Å²) in [6.07, 6.45) is 0.0636. The van der Waals surface area contributed by atoms with E-state index in [4.69, 9.17) is 4.74 Å². The monoisotopic (exact) mass is 824 g/mol. The number of carbonyl (C=O) groups is 4. The number of amides is 4. The van der Waals surface area contributed by atoms with Gasteiger partial charge in [0.1, 0.15) is 12.6 Å². The first-order valence-electron chi connectivity index (χ1n) is 21.4. The van der Waals surface area contributed by atoms with E-state index < -0.39 is 36.1 Å². The van der Waals surface area contributed by atoms with Crippen molar-refractivity contribution in [3.8, 4) is 11.8 Å². The van der Waals surface area contributed by atoms with E-state index in [0.29, 0.717) is 25.8 Å². The number of aliphatic hydroxyl groups excluding tert-OH is 1. The summed E-state index contributed by atoms with van der Waals surface area (Å²) in [5.74, 6) is 4.50. The molecule has 5 aromatic carbocycles. The number of carbonyl (C=O) groups excluding carboxylic acids is 4. The third kappa shape index (κ3) is 14.5. The molecule has 0 aliphatic rings. The Hall–Kier alpha value is -6.18. The normalized spacial score (nSPS) is 13.1. The average Bonchev–Trinajstić information content (AvgIpc) is 3.26. The maximum Gasteiger partial charge on any atom is 0.408 e. The summed E-state index contributed by atoms with van der Waals surface area (Å²) in [5, 5.41) is 27.1. The number of rotatable bonds is 20. The van der Waals surface area contributed by atoms with Crippen LogP contribution in [0.25, 0.3) is 21.5 Å². The summed E-state index contributed by atoms with van der Waals surface area (Å²) >= 11 is 0. The van der Waals surface area contributed by atoms with E-state index in [1.807, 2.05) is 131 Å². The number of fused-ring (bicyclic) bond motifs is 2. The van der Waals surface area contributed by atoms with Crippen molar-refractivity contribution in [3.05, 3.63) is 132 Å². The molecule has 1 unspecified atom stereocenters. The molecule has 61 heavy (non-hydrogen) atoms. The van der Waals surface area contributed by atoms with Crippen LogP contribution in [0.2, 0.25) is 0 Å². The first-order valence-corrected chi connectivity index (χ1v) is 21.4. The molecule has 0 radical (unpaired) electrons. The van der Waals surface area contributed by atoms with Crippen molar-refractivity contribution in [2.75, 3.05) is 13.1 Å². The highest BCUT2D eigenvalue weighted by Gasteiger charge is 2.31. The van der Waals surface area contributed by atoms with Gasteiger partial charge in [0.25, 0.3) is 0 Å². The van der Waals surface area contributed by atoms with Crippen LogP contribution in [0.5, 0.6) is 0 Å². The fourth-order valence-corrected chi connectivity index (χ4v) is 7.30. The lowest BCUT2D eigenvalue weighted by atomic mass is 9.87. The second-order valence-electron chi connectivity index (χ2n) is 16.2. The summed E-state index contributed by atoms with van der Waals surface area (Å²) in [6, 6.07) is 35.7. The smallest absolute Gasteiger partial charge is 0.408 e. The van der Waals surface area contributed by atoms with Crippen LogP contribution in [0.15, 0.2) is 115 Å². The average molecular weight is 825 g/mol. The van der Waals surface area contributed by atoms with Crippen molar-refractivity contribution < 1.29 is 29.0 Å². The Morgan fingerprint density at radius 3 is 1.89 bits per heavy atom. The molecule has 0 aliphatic carbocycles. The predicted molar refractivity (Wildman–Crippen MR) is 242 cm³/mol. The van der Waals surface area contributed by atoms with Gasteiger partial charge in [-0.3, -0.25) is 14.4 Å². The number of ether oxygens (including phenoxy) is 1. The first kappa shape index (κ1) is 45.9. The van der Waals surface area contributed by atoms with E-state index in [1.54, 1.807) is 0 Å². The van der Waals surface area contributed by atoms with Crippen LogP contribution in [-0.2, 0) is 38.6 Å². The maximum atomic E-state index is 14.7. The summed E-state index contributed by atoms with van der Waals surface area (Å²) in [7, 11) is 0. The molecule has 4 amide bonds. The Morgan fingerprint density at radius 2 is 1.28 bits per heavy atom. The summed E-state index contributed by atoms with van der Waals surface area (Å²) in [5.41, 5.74) is 2.87. The molecule has 0 aromatic heterocycles. The molecule has 4 atom stereocenters. The Kier molecular flexibility index (Phi) is 17.7. The number of benzene rings is 5. The Morgan fingerprint density at radius 1 is 0.689 bits per heavy atom. The number of aliphatic hydroxyl groups is 1. The van der Waals surface area contributed by atoms with Gasteiger partial charge in [0, 0.05) is 18.9 Å². The van der Waals surface area contributed by atoms with Crippen molar-refractivity contribution >= 4 is 45.4 Å².